The smallest absolute Gasteiger partial charge is 0.323 e. The van der Waals surface area contributed by atoms with Crippen molar-refractivity contribution < 1.29 is 9.90 Å². The molecule has 2 aliphatic rings. The number of carboxylic acids is 1. The van der Waals surface area contributed by atoms with Gasteiger partial charge in [-0.05, 0) is 65.7 Å². The molecule has 0 spiro atoms. The van der Waals surface area contributed by atoms with E-state index >= 15 is 0 Å². The fraction of sp³-hybridized carbons (Fsp3) is 0.933. The normalized spacial score (nSPS) is 25.1. The van der Waals surface area contributed by atoms with Gasteiger partial charge in [-0.3, -0.25) is 10.1 Å². The topological polar surface area (TPSA) is 55.8 Å². The molecule has 1 heterocycles. The molecule has 2 fully saturated rings. The molecule has 0 amide bonds. The second kappa shape index (κ2) is 6.87. The highest BCUT2D eigenvalue weighted by Gasteiger charge is 2.37. The number of hydrogen-bond donors (Lipinski definition) is 2. The molecular weight excluding hydrogens is 254 g/mol. The number of rotatable bonds is 7. The van der Waals surface area contributed by atoms with Crippen LogP contribution in [0.2, 0.25) is 0 Å². The van der Waals surface area contributed by atoms with Gasteiger partial charge in [0.1, 0.15) is 5.54 Å². The predicted octanol–water partition coefficient (Wildman–Crippen LogP) is 0.999. The molecule has 1 unspecified atom stereocenters. The molecule has 0 aromatic heterocycles. The Hall–Kier alpha value is -0.650. The van der Waals surface area contributed by atoms with E-state index in [4.69, 9.17) is 0 Å². The van der Waals surface area contributed by atoms with Gasteiger partial charge in [0.2, 0.25) is 0 Å². The summed E-state index contributed by atoms with van der Waals surface area (Å²) in [5.41, 5.74) is -0.746. The maximum absolute atomic E-state index is 11.5. The summed E-state index contributed by atoms with van der Waals surface area (Å²) in [6.07, 6.45) is 5.13. The van der Waals surface area contributed by atoms with Gasteiger partial charge in [0.05, 0.1) is 0 Å². The first-order valence-electron chi connectivity index (χ1n) is 7.91. The lowest BCUT2D eigenvalue weighted by Gasteiger charge is -2.28. The molecule has 5 nitrogen and oxygen atoms in total. The van der Waals surface area contributed by atoms with Crippen molar-refractivity contribution in [3.63, 3.8) is 0 Å². The number of likely N-dealkylation sites (N-methyl/N-ethyl adjacent to an activating group) is 1. The van der Waals surface area contributed by atoms with Gasteiger partial charge in [-0.15, -0.1) is 0 Å². The lowest BCUT2D eigenvalue weighted by molar-refractivity contribution is -0.144. The average Bonchev–Trinajstić information content (AvgIpc) is 3.19. The van der Waals surface area contributed by atoms with Crippen LogP contribution in [-0.4, -0.2) is 72.2 Å². The number of nitrogens with zero attached hydrogens (tertiary/aromatic N) is 2. The Morgan fingerprint density at radius 3 is 2.70 bits per heavy atom. The van der Waals surface area contributed by atoms with E-state index in [0.717, 1.165) is 45.4 Å². The maximum Gasteiger partial charge on any atom is 0.323 e. The molecule has 5 heteroatoms. The van der Waals surface area contributed by atoms with Crippen LogP contribution in [-0.2, 0) is 4.79 Å². The minimum absolute atomic E-state index is 0.433. The summed E-state index contributed by atoms with van der Waals surface area (Å²) in [4.78, 5) is 16.3. The van der Waals surface area contributed by atoms with E-state index < -0.39 is 11.5 Å². The number of aliphatic carboxylic acids is 1. The van der Waals surface area contributed by atoms with Crippen molar-refractivity contribution in [3.05, 3.63) is 0 Å². The lowest BCUT2D eigenvalue weighted by atomic mass is 9.95. The third-order valence-corrected chi connectivity index (χ3v) is 4.54. The fourth-order valence-corrected chi connectivity index (χ4v) is 2.90. The molecule has 116 valence electrons. The van der Waals surface area contributed by atoms with Gasteiger partial charge in [-0.1, -0.05) is 0 Å². The van der Waals surface area contributed by atoms with Crippen LogP contribution in [0.4, 0.5) is 0 Å². The molecule has 0 radical (unpaired) electrons. The first-order chi connectivity index (χ1) is 9.49. The van der Waals surface area contributed by atoms with Crippen LogP contribution in [0.3, 0.4) is 0 Å². The summed E-state index contributed by atoms with van der Waals surface area (Å²) >= 11 is 0. The number of carbonyl (C=O) groups is 1. The van der Waals surface area contributed by atoms with E-state index in [0.29, 0.717) is 12.5 Å². The largest absolute Gasteiger partial charge is 0.480 e. The Balaban J connectivity index is 1.73. The van der Waals surface area contributed by atoms with Crippen molar-refractivity contribution in [2.75, 3.05) is 39.8 Å². The van der Waals surface area contributed by atoms with Crippen molar-refractivity contribution in [3.8, 4) is 0 Å². The van der Waals surface area contributed by atoms with Gasteiger partial charge < -0.3 is 14.9 Å². The first-order valence-corrected chi connectivity index (χ1v) is 7.91. The molecule has 0 bridgehead atoms. The minimum Gasteiger partial charge on any atom is -0.480 e. The van der Waals surface area contributed by atoms with Gasteiger partial charge in [-0.2, -0.15) is 0 Å². The highest BCUT2D eigenvalue weighted by Crippen LogP contribution is 2.25. The second-order valence-corrected chi connectivity index (χ2v) is 6.66. The number of hydrogen-bond acceptors (Lipinski definition) is 4. The Labute approximate surface area is 122 Å². The summed E-state index contributed by atoms with van der Waals surface area (Å²) in [6, 6.07) is 0.433. The van der Waals surface area contributed by atoms with Crippen molar-refractivity contribution in [1.82, 2.24) is 15.1 Å². The van der Waals surface area contributed by atoms with Gasteiger partial charge in [-0.25, -0.2) is 0 Å². The minimum atomic E-state index is -0.746. The van der Waals surface area contributed by atoms with Crippen LogP contribution in [0.25, 0.3) is 0 Å². The predicted molar refractivity (Wildman–Crippen MR) is 80.0 cm³/mol. The number of nitrogens with one attached hydrogen (secondary N) is 1. The summed E-state index contributed by atoms with van der Waals surface area (Å²) in [5.74, 6) is -0.708. The zero-order chi connectivity index (χ0) is 14.6. The van der Waals surface area contributed by atoms with Gasteiger partial charge in [0, 0.05) is 19.1 Å². The fourth-order valence-electron chi connectivity index (χ4n) is 2.90. The molecule has 0 aromatic rings. The number of carboxylic acid groups (broad SMARTS) is 1. The Morgan fingerprint density at radius 2 is 2.05 bits per heavy atom. The van der Waals surface area contributed by atoms with Crippen molar-refractivity contribution in [2.24, 2.45) is 0 Å². The third kappa shape index (κ3) is 4.72. The molecule has 2 N–H and O–H groups in total. The highest BCUT2D eigenvalue weighted by molar-refractivity contribution is 5.78. The van der Waals surface area contributed by atoms with Gasteiger partial charge >= 0.3 is 5.97 Å². The van der Waals surface area contributed by atoms with Crippen molar-refractivity contribution in [2.45, 2.75) is 50.6 Å². The van der Waals surface area contributed by atoms with E-state index in [1.165, 1.54) is 13.0 Å². The lowest BCUT2D eigenvalue weighted by Crippen LogP contribution is -2.50. The third-order valence-electron chi connectivity index (χ3n) is 4.54. The van der Waals surface area contributed by atoms with Crippen LogP contribution >= 0.6 is 0 Å². The van der Waals surface area contributed by atoms with Crippen LogP contribution in [0, 0.1) is 0 Å². The molecule has 0 aromatic carbocycles. The molecule has 2 rings (SSSR count). The van der Waals surface area contributed by atoms with Crippen LogP contribution in [0.5, 0.6) is 0 Å². The molecule has 1 aliphatic carbocycles. The van der Waals surface area contributed by atoms with Crippen molar-refractivity contribution in [1.29, 1.82) is 0 Å². The summed E-state index contributed by atoms with van der Waals surface area (Å²) in [6.45, 7) is 7.40. The molecule has 1 saturated carbocycles. The van der Waals surface area contributed by atoms with E-state index in [1.54, 1.807) is 0 Å². The molecule has 1 saturated heterocycles. The van der Waals surface area contributed by atoms with Gasteiger partial charge in [0.15, 0.2) is 0 Å². The van der Waals surface area contributed by atoms with E-state index in [-0.39, 0.29) is 0 Å². The zero-order valence-electron chi connectivity index (χ0n) is 12.9. The molecule has 20 heavy (non-hydrogen) atoms. The Kier molecular flexibility index (Phi) is 5.41. The molecule has 1 atom stereocenters. The SMILES string of the molecule is CN1CCCN(CCCC(C)(NC2CC2)C(=O)O)CC1. The van der Waals surface area contributed by atoms with E-state index in [2.05, 4.69) is 22.2 Å². The monoisotopic (exact) mass is 283 g/mol. The summed E-state index contributed by atoms with van der Waals surface area (Å²) in [7, 11) is 2.17. The van der Waals surface area contributed by atoms with Crippen molar-refractivity contribution >= 4 is 5.97 Å². The second-order valence-electron chi connectivity index (χ2n) is 6.66. The van der Waals surface area contributed by atoms with E-state index in [1.807, 2.05) is 6.92 Å². The van der Waals surface area contributed by atoms with E-state index in [9.17, 15) is 9.90 Å². The van der Waals surface area contributed by atoms with Gasteiger partial charge in [0.25, 0.3) is 0 Å². The molecular formula is C15H29N3O2. The summed E-state index contributed by atoms with van der Waals surface area (Å²) in [5, 5.41) is 12.7. The van der Waals surface area contributed by atoms with Crippen LogP contribution in [0.1, 0.15) is 39.0 Å². The standard InChI is InChI=1S/C15H29N3O2/c1-15(14(19)20,16-13-5-6-13)7-3-9-18-10-4-8-17(2)11-12-18/h13,16H,3-12H2,1-2H3,(H,19,20). The quantitative estimate of drug-likeness (QED) is 0.730. The van der Waals surface area contributed by atoms with Crippen LogP contribution in [0.15, 0.2) is 0 Å². The summed E-state index contributed by atoms with van der Waals surface area (Å²) < 4.78 is 0. The Morgan fingerprint density at radius 1 is 1.30 bits per heavy atom. The molecule has 1 aliphatic heterocycles. The highest BCUT2D eigenvalue weighted by atomic mass is 16.4. The average molecular weight is 283 g/mol. The maximum atomic E-state index is 11.5. The first kappa shape index (κ1) is 15.7. The van der Waals surface area contributed by atoms with Crippen LogP contribution < -0.4 is 5.32 Å². The zero-order valence-corrected chi connectivity index (χ0v) is 12.9. The Bertz CT molecular complexity index is 333.